The van der Waals surface area contributed by atoms with E-state index in [0.717, 1.165) is 18.7 Å². The van der Waals surface area contributed by atoms with Crippen molar-refractivity contribution < 1.29 is 14.3 Å². The molecule has 1 aromatic carbocycles. The summed E-state index contributed by atoms with van der Waals surface area (Å²) in [7, 11) is 0. The van der Waals surface area contributed by atoms with Crippen molar-refractivity contribution in [3.63, 3.8) is 0 Å². The smallest absolute Gasteiger partial charge is 0.252 e. The zero-order valence-corrected chi connectivity index (χ0v) is 11.7. The number of ether oxygens (including phenoxy) is 2. The molecule has 0 bridgehead atoms. The first kappa shape index (κ1) is 12.5. The van der Waals surface area contributed by atoms with Crippen molar-refractivity contribution in [1.29, 1.82) is 0 Å². The van der Waals surface area contributed by atoms with Crippen molar-refractivity contribution >= 4 is 17.5 Å². The lowest BCUT2D eigenvalue weighted by atomic mass is 10.1. The Morgan fingerprint density at radius 2 is 2.24 bits per heavy atom. The summed E-state index contributed by atoms with van der Waals surface area (Å²) in [4.78, 5) is 19.7. The Morgan fingerprint density at radius 3 is 2.95 bits per heavy atom. The Morgan fingerprint density at radius 1 is 1.38 bits per heavy atom. The zero-order valence-electron chi connectivity index (χ0n) is 11.0. The molecule has 1 fully saturated rings. The Balaban J connectivity index is 1.60. The van der Waals surface area contributed by atoms with E-state index in [1.54, 1.807) is 24.5 Å². The highest BCUT2D eigenvalue weighted by atomic mass is 35.5. The van der Waals surface area contributed by atoms with Gasteiger partial charge in [0.15, 0.2) is 11.5 Å². The topological polar surface area (TPSA) is 76.2 Å². The highest BCUT2D eigenvalue weighted by molar-refractivity contribution is 6.32. The van der Waals surface area contributed by atoms with Gasteiger partial charge in [0.05, 0.1) is 10.6 Å². The molecule has 1 aromatic heterocycles. The third-order valence-electron chi connectivity index (χ3n) is 3.74. The molecule has 4 rings (SSSR count). The summed E-state index contributed by atoms with van der Waals surface area (Å²) in [5.41, 5.74) is 0.0609. The van der Waals surface area contributed by atoms with Crippen LogP contribution in [0.4, 0.5) is 0 Å². The van der Waals surface area contributed by atoms with E-state index >= 15 is 0 Å². The Bertz CT molecular complexity index is 711. The number of rotatable bonds is 3. The van der Waals surface area contributed by atoms with Gasteiger partial charge in [-0.2, -0.15) is 0 Å². The van der Waals surface area contributed by atoms with Crippen LogP contribution in [0.5, 0.6) is 11.5 Å². The molecule has 1 aliphatic carbocycles. The van der Waals surface area contributed by atoms with Gasteiger partial charge in [0, 0.05) is 18.0 Å². The van der Waals surface area contributed by atoms with Crippen molar-refractivity contribution in [1.82, 2.24) is 15.3 Å². The van der Waals surface area contributed by atoms with E-state index in [0.29, 0.717) is 22.1 Å². The van der Waals surface area contributed by atoms with Crippen molar-refractivity contribution in [2.24, 2.45) is 0 Å². The van der Waals surface area contributed by atoms with E-state index < -0.39 is 0 Å². The maximum absolute atomic E-state index is 12.4. The van der Waals surface area contributed by atoms with Gasteiger partial charge in [-0.25, -0.2) is 4.98 Å². The second-order valence-electron chi connectivity index (χ2n) is 5.17. The highest BCUT2D eigenvalue weighted by Gasteiger charge is 2.48. The fraction of sp³-hybridized carbons (Fsp3) is 0.286. The van der Waals surface area contributed by atoms with Crippen LogP contribution < -0.4 is 14.8 Å². The third-order valence-corrected chi connectivity index (χ3v) is 4.02. The minimum atomic E-state index is -0.385. The molecule has 2 aliphatic rings. The van der Waals surface area contributed by atoms with Gasteiger partial charge < -0.3 is 19.8 Å². The molecule has 0 unspecified atom stereocenters. The van der Waals surface area contributed by atoms with Crippen molar-refractivity contribution in [2.75, 3.05) is 6.79 Å². The summed E-state index contributed by atoms with van der Waals surface area (Å²) < 4.78 is 10.5. The predicted octanol–water partition coefficient (Wildman–Crippen LogP) is 2.21. The van der Waals surface area contributed by atoms with Gasteiger partial charge in [0.1, 0.15) is 5.82 Å². The van der Waals surface area contributed by atoms with Crippen LogP contribution in [-0.2, 0) is 5.54 Å². The lowest BCUT2D eigenvalue weighted by Crippen LogP contribution is -2.35. The fourth-order valence-electron chi connectivity index (χ4n) is 2.46. The number of fused-ring (bicyclic) bond motifs is 1. The number of carbonyl (C=O) groups is 1. The summed E-state index contributed by atoms with van der Waals surface area (Å²) >= 11 is 6.10. The molecule has 2 heterocycles. The summed E-state index contributed by atoms with van der Waals surface area (Å²) in [6.45, 7) is 0.121. The maximum Gasteiger partial charge on any atom is 0.252 e. The van der Waals surface area contributed by atoms with Crippen molar-refractivity contribution in [3.05, 3.63) is 40.9 Å². The molecular weight excluding hydrogens is 294 g/mol. The maximum atomic E-state index is 12.4. The highest BCUT2D eigenvalue weighted by Crippen LogP contribution is 2.44. The first-order valence-electron chi connectivity index (χ1n) is 6.59. The van der Waals surface area contributed by atoms with Gasteiger partial charge in [-0.3, -0.25) is 4.79 Å². The lowest BCUT2D eigenvalue weighted by molar-refractivity contribution is 0.0928. The van der Waals surface area contributed by atoms with Crippen LogP contribution >= 0.6 is 11.6 Å². The molecule has 2 aromatic rings. The number of nitrogens with zero attached hydrogens (tertiary/aromatic N) is 1. The molecule has 7 heteroatoms. The van der Waals surface area contributed by atoms with Crippen LogP contribution in [-0.4, -0.2) is 22.7 Å². The second-order valence-corrected chi connectivity index (χ2v) is 5.57. The number of nitrogens with one attached hydrogen (secondary N) is 2. The predicted molar refractivity (Wildman–Crippen MR) is 74.5 cm³/mol. The van der Waals surface area contributed by atoms with E-state index in [2.05, 4.69) is 15.3 Å². The normalized spacial score (nSPS) is 17.6. The molecule has 1 saturated carbocycles. The average Bonchev–Trinajstić information content (AvgIpc) is 2.95. The van der Waals surface area contributed by atoms with Gasteiger partial charge in [-0.15, -0.1) is 0 Å². The summed E-state index contributed by atoms with van der Waals surface area (Å²) in [5.74, 6) is 1.56. The van der Waals surface area contributed by atoms with Gasteiger partial charge >= 0.3 is 0 Å². The van der Waals surface area contributed by atoms with Crippen LogP contribution in [0.15, 0.2) is 24.5 Å². The SMILES string of the molecule is O=C(NC1(c2ncc[nH]2)CC1)c1cc(Cl)c2c(c1)OCO2. The van der Waals surface area contributed by atoms with Crippen LogP contribution in [0, 0.1) is 0 Å². The average molecular weight is 306 g/mol. The van der Waals surface area contributed by atoms with E-state index in [-0.39, 0.29) is 18.2 Å². The van der Waals surface area contributed by atoms with Gasteiger partial charge in [-0.1, -0.05) is 11.6 Å². The number of hydrogen-bond acceptors (Lipinski definition) is 4. The standard InChI is InChI=1S/C14H12ClN3O3/c15-9-5-8(6-10-11(9)21-7-20-10)12(19)18-14(1-2-14)13-16-3-4-17-13/h3-6H,1-2,7H2,(H,16,17)(H,18,19). The number of imidazole rings is 1. The molecule has 1 aliphatic heterocycles. The summed E-state index contributed by atoms with van der Waals surface area (Å²) in [6.07, 6.45) is 5.16. The van der Waals surface area contributed by atoms with E-state index in [1.807, 2.05) is 0 Å². The fourth-order valence-corrected chi connectivity index (χ4v) is 2.73. The monoisotopic (exact) mass is 305 g/mol. The van der Waals surface area contributed by atoms with Gasteiger partial charge in [-0.05, 0) is 25.0 Å². The lowest BCUT2D eigenvalue weighted by Gasteiger charge is -2.15. The molecule has 0 spiro atoms. The minimum absolute atomic E-state index is 0.121. The number of hydrogen-bond donors (Lipinski definition) is 2. The molecule has 0 saturated heterocycles. The molecule has 21 heavy (non-hydrogen) atoms. The van der Waals surface area contributed by atoms with Crippen LogP contribution in [0.2, 0.25) is 5.02 Å². The van der Waals surface area contributed by atoms with E-state index in [4.69, 9.17) is 21.1 Å². The first-order valence-corrected chi connectivity index (χ1v) is 6.97. The number of H-pyrrole nitrogens is 1. The van der Waals surface area contributed by atoms with Crippen molar-refractivity contribution in [3.8, 4) is 11.5 Å². The van der Waals surface area contributed by atoms with E-state index in [1.165, 1.54) is 0 Å². The van der Waals surface area contributed by atoms with Gasteiger partial charge in [0.2, 0.25) is 6.79 Å². The van der Waals surface area contributed by atoms with Crippen LogP contribution in [0.3, 0.4) is 0 Å². The Labute approximate surface area is 125 Å². The van der Waals surface area contributed by atoms with Gasteiger partial charge in [0.25, 0.3) is 5.91 Å². The number of amides is 1. The molecule has 0 radical (unpaired) electrons. The quantitative estimate of drug-likeness (QED) is 0.911. The summed E-state index contributed by atoms with van der Waals surface area (Å²) in [5, 5.41) is 3.39. The molecule has 6 nitrogen and oxygen atoms in total. The molecule has 2 N–H and O–H groups in total. The summed E-state index contributed by atoms with van der Waals surface area (Å²) in [6, 6.07) is 3.23. The number of halogens is 1. The Kier molecular flexibility index (Phi) is 2.62. The molecule has 0 atom stereocenters. The molecule has 108 valence electrons. The second kappa shape index (κ2) is 4.39. The number of aromatic nitrogens is 2. The first-order chi connectivity index (χ1) is 10.2. The van der Waals surface area contributed by atoms with Crippen LogP contribution in [0.25, 0.3) is 0 Å². The largest absolute Gasteiger partial charge is 0.454 e. The van der Waals surface area contributed by atoms with Crippen LogP contribution in [0.1, 0.15) is 29.0 Å². The number of aromatic amines is 1. The Hall–Kier alpha value is -2.21. The zero-order chi connectivity index (χ0) is 14.4. The minimum Gasteiger partial charge on any atom is -0.454 e. The number of carbonyl (C=O) groups excluding carboxylic acids is 1. The number of benzene rings is 1. The van der Waals surface area contributed by atoms with E-state index in [9.17, 15) is 4.79 Å². The molecular formula is C14H12ClN3O3. The molecule has 1 amide bonds. The van der Waals surface area contributed by atoms with Crippen molar-refractivity contribution in [2.45, 2.75) is 18.4 Å². The third kappa shape index (κ3) is 2.03.